The Bertz CT molecular complexity index is 375. The van der Waals surface area contributed by atoms with Crippen molar-refractivity contribution in [1.29, 1.82) is 0 Å². The van der Waals surface area contributed by atoms with Gasteiger partial charge in [0.25, 0.3) is 0 Å². The highest BCUT2D eigenvalue weighted by atomic mass is 35.5. The van der Waals surface area contributed by atoms with E-state index in [1.165, 1.54) is 18.5 Å². The molecule has 0 amide bonds. The van der Waals surface area contributed by atoms with Gasteiger partial charge in [-0.1, -0.05) is 37.6 Å². The van der Waals surface area contributed by atoms with Crippen LogP contribution in [0.3, 0.4) is 0 Å². The third-order valence-electron chi connectivity index (χ3n) is 4.12. The molecule has 1 aromatic rings. The molecule has 0 spiro atoms. The van der Waals surface area contributed by atoms with Crippen molar-refractivity contribution in [2.75, 3.05) is 19.6 Å². The summed E-state index contributed by atoms with van der Waals surface area (Å²) < 4.78 is 0. The summed E-state index contributed by atoms with van der Waals surface area (Å²) in [5.41, 5.74) is 7.25. The van der Waals surface area contributed by atoms with Crippen molar-refractivity contribution in [3.05, 3.63) is 34.9 Å². The summed E-state index contributed by atoms with van der Waals surface area (Å²) in [6.45, 7) is 7.63. The van der Waals surface area contributed by atoms with E-state index < -0.39 is 0 Å². The summed E-state index contributed by atoms with van der Waals surface area (Å²) in [6, 6.07) is 8.45. The number of rotatable bonds is 4. The molecule has 3 heteroatoms. The molecule has 0 radical (unpaired) electrons. The smallest absolute Gasteiger partial charge is 0.0470 e. The third kappa shape index (κ3) is 3.05. The first-order valence-corrected chi connectivity index (χ1v) is 7.19. The molecule has 1 aromatic carbocycles. The molecular weight excluding hydrogens is 244 g/mol. The van der Waals surface area contributed by atoms with Gasteiger partial charge in [0, 0.05) is 24.2 Å². The molecule has 1 fully saturated rings. The Morgan fingerprint density at radius 3 is 2.50 bits per heavy atom. The van der Waals surface area contributed by atoms with Gasteiger partial charge >= 0.3 is 0 Å². The molecule has 2 unspecified atom stereocenters. The maximum absolute atomic E-state index is 5.97. The predicted octanol–water partition coefficient (Wildman–Crippen LogP) is 3.32. The monoisotopic (exact) mass is 266 g/mol. The maximum Gasteiger partial charge on any atom is 0.0470 e. The zero-order valence-corrected chi connectivity index (χ0v) is 12.0. The van der Waals surface area contributed by atoms with Gasteiger partial charge in [0.05, 0.1) is 0 Å². The summed E-state index contributed by atoms with van der Waals surface area (Å²) in [4.78, 5) is 2.52. The first kappa shape index (κ1) is 13.9. The molecule has 0 bridgehead atoms. The van der Waals surface area contributed by atoms with Crippen molar-refractivity contribution in [3.8, 4) is 0 Å². The maximum atomic E-state index is 5.97. The molecule has 18 heavy (non-hydrogen) atoms. The summed E-state index contributed by atoms with van der Waals surface area (Å²) in [7, 11) is 0. The van der Waals surface area contributed by atoms with Gasteiger partial charge in [-0.25, -0.2) is 0 Å². The van der Waals surface area contributed by atoms with Gasteiger partial charge in [-0.15, -0.1) is 0 Å². The van der Waals surface area contributed by atoms with Crippen LogP contribution >= 0.6 is 11.6 Å². The Morgan fingerprint density at radius 2 is 2.00 bits per heavy atom. The lowest BCUT2D eigenvalue weighted by molar-refractivity contribution is 0.232. The van der Waals surface area contributed by atoms with Gasteiger partial charge in [0.2, 0.25) is 0 Å². The van der Waals surface area contributed by atoms with Crippen LogP contribution < -0.4 is 5.73 Å². The van der Waals surface area contributed by atoms with E-state index >= 15 is 0 Å². The fourth-order valence-corrected chi connectivity index (χ4v) is 2.95. The minimum Gasteiger partial charge on any atom is -0.329 e. The fourth-order valence-electron chi connectivity index (χ4n) is 2.82. The second-order valence-electron chi connectivity index (χ2n) is 5.59. The molecule has 0 aromatic heterocycles. The van der Waals surface area contributed by atoms with Gasteiger partial charge in [0.15, 0.2) is 0 Å². The summed E-state index contributed by atoms with van der Waals surface area (Å²) in [6.07, 6.45) is 1.29. The topological polar surface area (TPSA) is 29.3 Å². The normalized spacial score (nSPS) is 22.6. The van der Waals surface area contributed by atoms with Gasteiger partial charge < -0.3 is 5.73 Å². The van der Waals surface area contributed by atoms with Gasteiger partial charge in [0.1, 0.15) is 0 Å². The van der Waals surface area contributed by atoms with E-state index in [1.807, 2.05) is 12.1 Å². The average molecular weight is 267 g/mol. The summed E-state index contributed by atoms with van der Waals surface area (Å²) >= 11 is 5.94. The molecule has 2 N–H and O–H groups in total. The number of likely N-dealkylation sites (tertiary alicyclic amines) is 1. The van der Waals surface area contributed by atoms with Gasteiger partial charge in [-0.05, 0) is 42.5 Å². The molecule has 2 nitrogen and oxygen atoms in total. The number of hydrogen-bond donors (Lipinski definition) is 1. The van der Waals surface area contributed by atoms with Crippen LogP contribution in [0.5, 0.6) is 0 Å². The summed E-state index contributed by atoms with van der Waals surface area (Å²) in [5.74, 6) is 1.57. The van der Waals surface area contributed by atoms with E-state index in [2.05, 4.69) is 30.9 Å². The van der Waals surface area contributed by atoms with Crippen LogP contribution in [0.2, 0.25) is 5.02 Å². The average Bonchev–Trinajstić information content (AvgIpc) is 2.82. The second-order valence-corrected chi connectivity index (χ2v) is 6.03. The van der Waals surface area contributed by atoms with E-state index in [4.69, 9.17) is 17.3 Å². The molecule has 0 saturated carbocycles. The Kier molecular flexibility index (Phi) is 4.66. The van der Waals surface area contributed by atoms with E-state index in [9.17, 15) is 0 Å². The summed E-state index contributed by atoms with van der Waals surface area (Å²) in [5, 5.41) is 0.788. The molecule has 1 aliphatic rings. The standard InChI is InChI=1S/C15H23ClN2/c1-11(2)13-7-8-18(10-13)15(9-17)12-3-5-14(16)6-4-12/h3-6,11,13,15H,7-10,17H2,1-2H3. The second kappa shape index (κ2) is 6.05. The highest BCUT2D eigenvalue weighted by Crippen LogP contribution is 2.30. The van der Waals surface area contributed by atoms with Crippen molar-refractivity contribution in [2.45, 2.75) is 26.3 Å². The molecule has 100 valence electrons. The van der Waals surface area contributed by atoms with Crippen LogP contribution in [-0.2, 0) is 0 Å². The number of nitrogens with two attached hydrogens (primary N) is 1. The number of benzene rings is 1. The van der Waals surface area contributed by atoms with E-state index in [-0.39, 0.29) is 0 Å². The third-order valence-corrected chi connectivity index (χ3v) is 4.37. The van der Waals surface area contributed by atoms with Crippen LogP contribution in [0.15, 0.2) is 24.3 Å². The predicted molar refractivity (Wildman–Crippen MR) is 77.8 cm³/mol. The largest absolute Gasteiger partial charge is 0.329 e. The number of hydrogen-bond acceptors (Lipinski definition) is 2. The lowest BCUT2D eigenvalue weighted by Crippen LogP contribution is -2.32. The SMILES string of the molecule is CC(C)C1CCN(C(CN)c2ccc(Cl)cc2)C1. The van der Waals surface area contributed by atoms with E-state index in [0.29, 0.717) is 12.6 Å². The van der Waals surface area contributed by atoms with E-state index in [0.717, 1.165) is 23.4 Å². The highest BCUT2D eigenvalue weighted by Gasteiger charge is 2.29. The van der Waals surface area contributed by atoms with Crippen molar-refractivity contribution in [2.24, 2.45) is 17.6 Å². The lowest BCUT2D eigenvalue weighted by Gasteiger charge is -2.27. The zero-order chi connectivity index (χ0) is 13.1. The Labute approximate surface area is 115 Å². The minimum absolute atomic E-state index is 0.339. The molecule has 2 rings (SSSR count). The molecule has 1 saturated heterocycles. The van der Waals surface area contributed by atoms with Gasteiger partial charge in [-0.3, -0.25) is 4.90 Å². The van der Waals surface area contributed by atoms with Crippen LogP contribution in [0.25, 0.3) is 0 Å². The van der Waals surface area contributed by atoms with Crippen molar-refractivity contribution in [3.63, 3.8) is 0 Å². The van der Waals surface area contributed by atoms with Crippen LogP contribution in [0.4, 0.5) is 0 Å². The molecule has 2 atom stereocenters. The number of nitrogens with zero attached hydrogens (tertiary/aromatic N) is 1. The first-order valence-electron chi connectivity index (χ1n) is 6.81. The molecular formula is C15H23ClN2. The molecule has 1 heterocycles. The quantitative estimate of drug-likeness (QED) is 0.906. The Morgan fingerprint density at radius 1 is 1.33 bits per heavy atom. The number of halogens is 1. The highest BCUT2D eigenvalue weighted by molar-refractivity contribution is 6.30. The van der Waals surface area contributed by atoms with Crippen LogP contribution in [-0.4, -0.2) is 24.5 Å². The molecule has 1 aliphatic heterocycles. The van der Waals surface area contributed by atoms with Crippen molar-refractivity contribution in [1.82, 2.24) is 4.90 Å². The fraction of sp³-hybridized carbons (Fsp3) is 0.600. The van der Waals surface area contributed by atoms with E-state index in [1.54, 1.807) is 0 Å². The first-order chi connectivity index (χ1) is 8.61. The minimum atomic E-state index is 0.339. The Balaban J connectivity index is 2.08. The zero-order valence-electron chi connectivity index (χ0n) is 11.3. The van der Waals surface area contributed by atoms with Gasteiger partial charge in [-0.2, -0.15) is 0 Å². The van der Waals surface area contributed by atoms with Crippen molar-refractivity contribution >= 4 is 11.6 Å². The molecule has 0 aliphatic carbocycles. The van der Waals surface area contributed by atoms with Crippen LogP contribution in [0, 0.1) is 11.8 Å². The lowest BCUT2D eigenvalue weighted by atomic mass is 9.95. The Hall–Kier alpha value is -0.570. The van der Waals surface area contributed by atoms with Crippen LogP contribution in [0.1, 0.15) is 31.9 Å². The van der Waals surface area contributed by atoms with Crippen molar-refractivity contribution < 1.29 is 0 Å².